The molecule has 1 aliphatic rings. The van der Waals surface area contributed by atoms with Gasteiger partial charge in [-0.1, -0.05) is 78.0 Å². The van der Waals surface area contributed by atoms with E-state index < -0.39 is 32.1 Å². The molecule has 0 saturated heterocycles. The predicted octanol–water partition coefficient (Wildman–Crippen LogP) is 4.97. The summed E-state index contributed by atoms with van der Waals surface area (Å²) < 4.78 is 58.1. The van der Waals surface area contributed by atoms with Crippen molar-refractivity contribution in [3.63, 3.8) is 0 Å². The molecule has 0 saturated carbocycles. The van der Waals surface area contributed by atoms with E-state index in [1.54, 1.807) is 26.0 Å². The maximum atomic E-state index is 13.2. The van der Waals surface area contributed by atoms with Crippen molar-refractivity contribution in [3.05, 3.63) is 119 Å². The van der Waals surface area contributed by atoms with Gasteiger partial charge in [-0.05, 0) is 60.4 Å². The van der Waals surface area contributed by atoms with Crippen molar-refractivity contribution in [2.45, 2.75) is 35.7 Å². The second-order valence-electron chi connectivity index (χ2n) is 9.37. The highest BCUT2D eigenvalue weighted by Gasteiger charge is 2.30. The highest BCUT2D eigenvalue weighted by Crippen LogP contribution is 2.39. The number of hydrogen-bond donors (Lipinski definition) is 3. The first-order valence-electron chi connectivity index (χ1n) is 12.3. The molecule has 0 aromatic heterocycles. The number of hydrogen-bond acceptors (Lipinski definition) is 6. The first-order chi connectivity index (χ1) is 18.6. The average molecular weight is 562 g/mol. The van der Waals surface area contributed by atoms with Crippen molar-refractivity contribution >= 4 is 25.8 Å². The number of rotatable bonds is 8. The van der Waals surface area contributed by atoms with Gasteiger partial charge < -0.3 is 5.21 Å². The molecule has 0 fully saturated rings. The molecular weight excluding hydrogens is 534 g/mol. The van der Waals surface area contributed by atoms with Crippen molar-refractivity contribution in [2.24, 2.45) is 5.16 Å². The van der Waals surface area contributed by atoms with Crippen LogP contribution in [-0.2, 0) is 20.0 Å². The van der Waals surface area contributed by atoms with Gasteiger partial charge in [-0.2, -0.15) is 0 Å². The van der Waals surface area contributed by atoms with Crippen molar-refractivity contribution in [2.75, 3.05) is 0 Å². The van der Waals surface area contributed by atoms with E-state index in [0.29, 0.717) is 22.3 Å². The standard InChI is InChI=1S/C29H27N3O5S2/c1-19(21-9-5-3-6-10-21)31-38(34,35)23-13-15-25-26-16-14-24(18-28(26)29(30-33)27(25)17-23)39(36,37)32-20(2)22-11-7-4-8-12-22/h3-20,31-33H,1-2H3/t19-,20+. The van der Waals surface area contributed by atoms with E-state index in [-0.39, 0.29) is 15.5 Å². The minimum atomic E-state index is -3.91. The lowest BCUT2D eigenvalue weighted by Crippen LogP contribution is -2.27. The molecule has 4 aromatic carbocycles. The van der Waals surface area contributed by atoms with Gasteiger partial charge in [0.15, 0.2) is 0 Å². The first kappa shape index (κ1) is 26.8. The summed E-state index contributed by atoms with van der Waals surface area (Å²) in [5, 5.41) is 13.3. The lowest BCUT2D eigenvalue weighted by Gasteiger charge is -2.15. The zero-order valence-corrected chi connectivity index (χ0v) is 22.9. The Balaban J connectivity index is 1.44. The van der Waals surface area contributed by atoms with Crippen LogP contribution in [0.4, 0.5) is 0 Å². The molecule has 4 aromatic rings. The fraction of sp³-hybridized carbons (Fsp3) is 0.138. The zero-order chi connectivity index (χ0) is 27.8. The Hall–Kier alpha value is -3.83. The van der Waals surface area contributed by atoms with Crippen LogP contribution in [-0.4, -0.2) is 27.8 Å². The molecule has 5 rings (SSSR count). The summed E-state index contributed by atoms with van der Waals surface area (Å²) in [5.74, 6) is 0. The van der Waals surface area contributed by atoms with Gasteiger partial charge in [-0.25, -0.2) is 26.3 Å². The van der Waals surface area contributed by atoms with Crippen LogP contribution in [0, 0.1) is 0 Å². The van der Waals surface area contributed by atoms with E-state index in [0.717, 1.165) is 11.1 Å². The molecule has 39 heavy (non-hydrogen) atoms. The smallest absolute Gasteiger partial charge is 0.241 e. The average Bonchev–Trinajstić information content (AvgIpc) is 3.25. The third-order valence-corrected chi connectivity index (χ3v) is 9.84. The van der Waals surface area contributed by atoms with Gasteiger partial charge in [-0.3, -0.25) is 0 Å². The molecule has 0 unspecified atom stereocenters. The van der Waals surface area contributed by atoms with Gasteiger partial charge in [0.1, 0.15) is 5.71 Å². The van der Waals surface area contributed by atoms with Gasteiger partial charge in [-0.15, -0.1) is 0 Å². The fourth-order valence-electron chi connectivity index (χ4n) is 4.72. The molecule has 0 amide bonds. The summed E-state index contributed by atoms with van der Waals surface area (Å²) >= 11 is 0. The number of sulfonamides is 2. The van der Waals surface area contributed by atoms with Crippen LogP contribution in [0.3, 0.4) is 0 Å². The molecule has 3 N–H and O–H groups in total. The second-order valence-corrected chi connectivity index (χ2v) is 12.8. The summed E-state index contributed by atoms with van der Waals surface area (Å²) in [6, 6.07) is 26.6. The Kier molecular flexibility index (Phi) is 7.13. The molecule has 0 bridgehead atoms. The number of oxime groups is 1. The van der Waals surface area contributed by atoms with Gasteiger partial charge >= 0.3 is 0 Å². The summed E-state index contributed by atoms with van der Waals surface area (Å²) in [6.45, 7) is 3.51. The fourth-order valence-corrected chi connectivity index (χ4v) is 7.23. The lowest BCUT2D eigenvalue weighted by atomic mass is 10.1. The normalized spacial score (nSPS) is 15.5. The molecule has 0 radical (unpaired) electrons. The molecular formula is C29H27N3O5S2. The van der Waals surface area contributed by atoms with Crippen LogP contribution >= 0.6 is 0 Å². The molecule has 200 valence electrons. The lowest BCUT2D eigenvalue weighted by molar-refractivity contribution is 0.320. The van der Waals surface area contributed by atoms with Crippen molar-refractivity contribution in [1.82, 2.24) is 9.44 Å². The Morgan fingerprint density at radius 3 is 1.33 bits per heavy atom. The minimum absolute atomic E-state index is 0.00387. The van der Waals surface area contributed by atoms with Crippen LogP contribution in [0.5, 0.6) is 0 Å². The van der Waals surface area contributed by atoms with E-state index in [1.807, 2.05) is 60.7 Å². The van der Waals surface area contributed by atoms with Crippen molar-refractivity contribution in [3.8, 4) is 11.1 Å². The minimum Gasteiger partial charge on any atom is -0.410 e. The SMILES string of the molecule is C[C@H](NS(=O)(=O)c1ccc2c(c1)C(=NO)c1cc(S(=O)(=O)N[C@H](C)c3ccccc3)ccc1-2)c1ccccc1. The molecule has 0 spiro atoms. The molecule has 0 heterocycles. The van der Waals surface area contributed by atoms with Gasteiger partial charge in [0.25, 0.3) is 0 Å². The third-order valence-electron chi connectivity index (χ3n) is 6.77. The van der Waals surface area contributed by atoms with Gasteiger partial charge in [0, 0.05) is 23.2 Å². The number of benzene rings is 4. The Morgan fingerprint density at radius 1 is 0.590 bits per heavy atom. The van der Waals surface area contributed by atoms with E-state index >= 15 is 0 Å². The van der Waals surface area contributed by atoms with E-state index in [4.69, 9.17) is 0 Å². The van der Waals surface area contributed by atoms with E-state index in [1.165, 1.54) is 24.3 Å². The highest BCUT2D eigenvalue weighted by molar-refractivity contribution is 7.89. The number of fused-ring (bicyclic) bond motifs is 3. The number of nitrogens with one attached hydrogen (secondary N) is 2. The topological polar surface area (TPSA) is 125 Å². The van der Waals surface area contributed by atoms with Crippen LogP contribution in [0.25, 0.3) is 11.1 Å². The first-order valence-corrected chi connectivity index (χ1v) is 15.2. The molecule has 8 nitrogen and oxygen atoms in total. The van der Waals surface area contributed by atoms with Gasteiger partial charge in [0.05, 0.1) is 9.79 Å². The Morgan fingerprint density at radius 2 is 0.974 bits per heavy atom. The maximum Gasteiger partial charge on any atom is 0.241 e. The Bertz CT molecular complexity index is 1640. The summed E-state index contributed by atoms with van der Waals surface area (Å²) in [4.78, 5) is 0.00775. The molecule has 0 aliphatic heterocycles. The quantitative estimate of drug-likeness (QED) is 0.182. The van der Waals surface area contributed by atoms with Crippen LogP contribution in [0.1, 0.15) is 48.2 Å². The second kappa shape index (κ2) is 10.4. The zero-order valence-electron chi connectivity index (χ0n) is 21.2. The van der Waals surface area contributed by atoms with Crippen molar-refractivity contribution in [1.29, 1.82) is 0 Å². The molecule has 1 aliphatic carbocycles. The van der Waals surface area contributed by atoms with Crippen LogP contribution < -0.4 is 9.44 Å². The van der Waals surface area contributed by atoms with E-state index in [2.05, 4.69) is 14.6 Å². The molecule has 10 heteroatoms. The third kappa shape index (κ3) is 5.24. The summed E-state index contributed by atoms with van der Waals surface area (Å²) in [6.07, 6.45) is 0. The van der Waals surface area contributed by atoms with Gasteiger partial charge in [0.2, 0.25) is 20.0 Å². The predicted molar refractivity (Wildman–Crippen MR) is 150 cm³/mol. The maximum absolute atomic E-state index is 13.2. The molecule has 2 atom stereocenters. The highest BCUT2D eigenvalue weighted by atomic mass is 32.2. The monoisotopic (exact) mass is 561 g/mol. The largest absolute Gasteiger partial charge is 0.410 e. The van der Waals surface area contributed by atoms with Crippen LogP contribution in [0.15, 0.2) is 112 Å². The number of nitrogens with zero attached hydrogens (tertiary/aromatic N) is 1. The van der Waals surface area contributed by atoms with Crippen molar-refractivity contribution < 1.29 is 22.0 Å². The van der Waals surface area contributed by atoms with E-state index in [9.17, 15) is 22.0 Å². The Labute approximate surface area is 228 Å². The summed E-state index contributed by atoms with van der Waals surface area (Å²) in [5.41, 5.74) is 3.80. The van der Waals surface area contributed by atoms with Crippen LogP contribution in [0.2, 0.25) is 0 Å². The summed E-state index contributed by atoms with van der Waals surface area (Å²) in [7, 11) is -7.82.